The van der Waals surface area contributed by atoms with E-state index in [1.807, 2.05) is 12.3 Å². The molecule has 0 radical (unpaired) electrons. The minimum atomic E-state index is 0.684. The van der Waals surface area contributed by atoms with Gasteiger partial charge in [0.05, 0.1) is 5.02 Å². The van der Waals surface area contributed by atoms with Crippen LogP contribution in [0.25, 0.3) is 5.57 Å². The lowest BCUT2D eigenvalue weighted by molar-refractivity contribution is 0.231. The molecule has 0 saturated carbocycles. The number of nitrogens with one attached hydrogen (secondary N) is 1. The Labute approximate surface area is 94.4 Å². The SMILES string of the molecule is Clc1cncc(C2=CCC3CNC3C2)c1. The molecule has 1 aromatic heterocycles. The first-order valence-electron chi connectivity index (χ1n) is 5.36. The third-order valence-corrected chi connectivity index (χ3v) is 3.60. The zero-order chi connectivity index (χ0) is 10.3. The van der Waals surface area contributed by atoms with Crippen molar-refractivity contribution in [1.82, 2.24) is 10.3 Å². The second-order valence-corrected chi connectivity index (χ2v) is 4.77. The number of allylic oxidation sites excluding steroid dienone is 1. The van der Waals surface area contributed by atoms with Gasteiger partial charge in [-0.1, -0.05) is 17.7 Å². The zero-order valence-corrected chi connectivity index (χ0v) is 9.17. The summed E-state index contributed by atoms with van der Waals surface area (Å²) in [6, 6.07) is 2.68. The van der Waals surface area contributed by atoms with Crippen LogP contribution in [0.2, 0.25) is 5.02 Å². The Morgan fingerprint density at radius 3 is 3.00 bits per heavy atom. The number of hydrogen-bond donors (Lipinski definition) is 1. The average molecular weight is 221 g/mol. The predicted molar refractivity (Wildman–Crippen MR) is 61.7 cm³/mol. The molecule has 0 aromatic carbocycles. The molecule has 2 nitrogen and oxygen atoms in total. The van der Waals surface area contributed by atoms with Crippen molar-refractivity contribution in [3.8, 4) is 0 Å². The highest BCUT2D eigenvalue weighted by atomic mass is 35.5. The van der Waals surface area contributed by atoms with Gasteiger partial charge in [-0.05, 0) is 36.0 Å². The Hall–Kier alpha value is -0.860. The number of pyridine rings is 1. The van der Waals surface area contributed by atoms with E-state index in [1.165, 1.54) is 24.1 Å². The van der Waals surface area contributed by atoms with Crippen LogP contribution in [0, 0.1) is 5.92 Å². The van der Waals surface area contributed by atoms with Crippen LogP contribution in [-0.4, -0.2) is 17.6 Å². The topological polar surface area (TPSA) is 24.9 Å². The molecule has 3 heteroatoms. The minimum Gasteiger partial charge on any atom is -0.313 e. The van der Waals surface area contributed by atoms with E-state index in [1.54, 1.807) is 6.20 Å². The maximum atomic E-state index is 5.94. The van der Waals surface area contributed by atoms with E-state index in [0.717, 1.165) is 17.4 Å². The van der Waals surface area contributed by atoms with Gasteiger partial charge in [-0.2, -0.15) is 0 Å². The standard InChI is InChI=1S/C12H13ClN2/c13-11-3-10(5-14-7-11)8-1-2-9-6-15-12(9)4-8/h1,3,5,7,9,12,15H,2,4,6H2. The number of rotatable bonds is 1. The van der Waals surface area contributed by atoms with Gasteiger partial charge in [0.15, 0.2) is 0 Å². The van der Waals surface area contributed by atoms with Crippen molar-refractivity contribution in [2.75, 3.05) is 6.54 Å². The van der Waals surface area contributed by atoms with Gasteiger partial charge in [0.25, 0.3) is 0 Å². The quantitative estimate of drug-likeness (QED) is 0.787. The molecule has 1 fully saturated rings. The summed E-state index contributed by atoms with van der Waals surface area (Å²) in [5.41, 5.74) is 2.56. The molecule has 1 aliphatic heterocycles. The van der Waals surface area contributed by atoms with Crippen molar-refractivity contribution >= 4 is 17.2 Å². The van der Waals surface area contributed by atoms with Gasteiger partial charge < -0.3 is 5.32 Å². The van der Waals surface area contributed by atoms with Crippen LogP contribution in [0.3, 0.4) is 0 Å². The average Bonchev–Trinajstić information content (AvgIpc) is 2.20. The Kier molecular flexibility index (Phi) is 2.26. The Morgan fingerprint density at radius 2 is 2.33 bits per heavy atom. The van der Waals surface area contributed by atoms with Gasteiger partial charge in [0.1, 0.15) is 0 Å². The van der Waals surface area contributed by atoms with E-state index < -0.39 is 0 Å². The van der Waals surface area contributed by atoms with E-state index in [9.17, 15) is 0 Å². The van der Waals surface area contributed by atoms with Crippen molar-refractivity contribution in [1.29, 1.82) is 0 Å². The lowest BCUT2D eigenvalue weighted by Gasteiger charge is -2.41. The monoisotopic (exact) mass is 220 g/mol. The molecule has 1 saturated heterocycles. The molecule has 0 bridgehead atoms. The number of hydrogen-bond acceptors (Lipinski definition) is 2. The molecule has 2 heterocycles. The number of aromatic nitrogens is 1. The van der Waals surface area contributed by atoms with Crippen LogP contribution in [0.5, 0.6) is 0 Å². The molecule has 0 spiro atoms. The van der Waals surface area contributed by atoms with E-state index >= 15 is 0 Å². The first-order chi connectivity index (χ1) is 7.33. The van der Waals surface area contributed by atoms with Crippen LogP contribution in [0.1, 0.15) is 18.4 Å². The molecule has 2 aliphatic rings. The second-order valence-electron chi connectivity index (χ2n) is 4.34. The molecule has 1 aromatic rings. The first-order valence-corrected chi connectivity index (χ1v) is 5.74. The molecular formula is C12H13ClN2. The van der Waals surface area contributed by atoms with Crippen LogP contribution >= 0.6 is 11.6 Å². The van der Waals surface area contributed by atoms with Gasteiger partial charge in [-0.25, -0.2) is 0 Å². The second kappa shape index (κ2) is 3.62. The third kappa shape index (κ3) is 1.68. The molecule has 0 amide bonds. The van der Waals surface area contributed by atoms with Crippen LogP contribution in [0.4, 0.5) is 0 Å². The molecule has 1 aliphatic carbocycles. The number of nitrogens with zero attached hydrogens (tertiary/aromatic N) is 1. The fourth-order valence-electron chi connectivity index (χ4n) is 2.37. The largest absolute Gasteiger partial charge is 0.313 e. The molecule has 3 rings (SSSR count). The van der Waals surface area contributed by atoms with Gasteiger partial charge >= 0.3 is 0 Å². The molecule has 78 valence electrons. The van der Waals surface area contributed by atoms with Crippen molar-refractivity contribution in [2.45, 2.75) is 18.9 Å². The highest BCUT2D eigenvalue weighted by Gasteiger charge is 2.32. The predicted octanol–water partition coefficient (Wildman–Crippen LogP) is 2.50. The van der Waals surface area contributed by atoms with Gasteiger partial charge in [-0.3, -0.25) is 4.98 Å². The highest BCUT2D eigenvalue weighted by molar-refractivity contribution is 6.30. The molecule has 2 unspecified atom stereocenters. The normalized spacial score (nSPS) is 29.0. The third-order valence-electron chi connectivity index (χ3n) is 3.39. The minimum absolute atomic E-state index is 0.684. The smallest absolute Gasteiger partial charge is 0.0595 e. The maximum Gasteiger partial charge on any atom is 0.0595 e. The maximum absolute atomic E-state index is 5.94. The molecule has 2 atom stereocenters. The van der Waals surface area contributed by atoms with Crippen molar-refractivity contribution < 1.29 is 0 Å². The lowest BCUT2D eigenvalue weighted by atomic mass is 9.78. The van der Waals surface area contributed by atoms with Crippen LogP contribution in [0.15, 0.2) is 24.5 Å². The zero-order valence-electron chi connectivity index (χ0n) is 8.41. The van der Waals surface area contributed by atoms with Crippen molar-refractivity contribution in [3.63, 3.8) is 0 Å². The summed E-state index contributed by atoms with van der Waals surface area (Å²) in [7, 11) is 0. The van der Waals surface area contributed by atoms with Gasteiger partial charge in [0, 0.05) is 25.0 Å². The lowest BCUT2D eigenvalue weighted by Crippen LogP contribution is -2.53. The summed E-state index contributed by atoms with van der Waals surface area (Å²) in [6.45, 7) is 1.18. The Morgan fingerprint density at radius 1 is 1.40 bits per heavy atom. The summed E-state index contributed by atoms with van der Waals surface area (Å²) < 4.78 is 0. The molecular weight excluding hydrogens is 208 g/mol. The van der Waals surface area contributed by atoms with Crippen molar-refractivity contribution in [3.05, 3.63) is 35.1 Å². The molecule has 1 N–H and O–H groups in total. The summed E-state index contributed by atoms with van der Waals surface area (Å²) in [5.74, 6) is 0.862. The summed E-state index contributed by atoms with van der Waals surface area (Å²) in [4.78, 5) is 4.13. The Balaban J connectivity index is 1.88. The summed E-state index contributed by atoms with van der Waals surface area (Å²) in [5, 5.41) is 4.19. The summed E-state index contributed by atoms with van der Waals surface area (Å²) >= 11 is 5.94. The fraction of sp³-hybridized carbons (Fsp3) is 0.417. The van der Waals surface area contributed by atoms with Gasteiger partial charge in [0.2, 0.25) is 0 Å². The van der Waals surface area contributed by atoms with E-state index in [-0.39, 0.29) is 0 Å². The summed E-state index contributed by atoms with van der Waals surface area (Å²) in [6.07, 6.45) is 8.23. The van der Waals surface area contributed by atoms with Crippen molar-refractivity contribution in [2.24, 2.45) is 5.92 Å². The van der Waals surface area contributed by atoms with E-state index in [2.05, 4.69) is 16.4 Å². The number of fused-ring (bicyclic) bond motifs is 1. The van der Waals surface area contributed by atoms with Crippen LogP contribution < -0.4 is 5.32 Å². The fourth-order valence-corrected chi connectivity index (χ4v) is 2.55. The van der Waals surface area contributed by atoms with Gasteiger partial charge in [-0.15, -0.1) is 0 Å². The highest BCUT2D eigenvalue weighted by Crippen LogP contribution is 2.34. The van der Waals surface area contributed by atoms with E-state index in [4.69, 9.17) is 11.6 Å². The Bertz CT molecular complexity index is 414. The first kappa shape index (κ1) is 9.37. The van der Waals surface area contributed by atoms with Crippen LogP contribution in [-0.2, 0) is 0 Å². The van der Waals surface area contributed by atoms with E-state index in [0.29, 0.717) is 6.04 Å². The number of halogens is 1. The molecule has 15 heavy (non-hydrogen) atoms.